The maximum absolute atomic E-state index is 11.9. The molecular formula is C14H16BrNO4. The van der Waals surface area contributed by atoms with Gasteiger partial charge in [-0.1, -0.05) is 28.1 Å². The van der Waals surface area contributed by atoms with Crippen LogP contribution in [0.1, 0.15) is 17.9 Å². The lowest BCUT2D eigenvalue weighted by Crippen LogP contribution is -2.38. The van der Waals surface area contributed by atoms with Crippen molar-refractivity contribution in [2.45, 2.75) is 18.4 Å². The smallest absolute Gasteiger partial charge is 0.334 e. The first kappa shape index (κ1) is 15.0. The minimum absolute atomic E-state index is 0.00757. The van der Waals surface area contributed by atoms with Gasteiger partial charge in [-0.3, -0.25) is 4.79 Å². The van der Waals surface area contributed by atoms with Crippen LogP contribution >= 0.6 is 15.9 Å². The topological polar surface area (TPSA) is 75.6 Å². The molecule has 0 aliphatic heterocycles. The molecule has 20 heavy (non-hydrogen) atoms. The van der Waals surface area contributed by atoms with E-state index in [0.717, 1.165) is 16.5 Å². The zero-order chi connectivity index (χ0) is 14.7. The predicted molar refractivity (Wildman–Crippen MR) is 76.4 cm³/mol. The lowest BCUT2D eigenvalue weighted by atomic mass is 10.1. The molecule has 5 nitrogen and oxygen atoms in total. The van der Waals surface area contributed by atoms with Crippen LogP contribution in [0, 0.1) is 5.92 Å². The Balaban J connectivity index is 1.86. The standard InChI is InChI=1S/C14H16BrNO4/c1-20-12(14(18)19)7-16-13(17)11-6-10(11)8-3-2-4-9(15)5-8/h2-5,10-12H,6-7H2,1H3,(H,16,17)(H,18,19). The van der Waals surface area contributed by atoms with E-state index in [2.05, 4.69) is 21.2 Å². The maximum Gasteiger partial charge on any atom is 0.334 e. The van der Waals surface area contributed by atoms with E-state index in [9.17, 15) is 9.59 Å². The summed E-state index contributed by atoms with van der Waals surface area (Å²) < 4.78 is 5.76. The van der Waals surface area contributed by atoms with Crippen LogP contribution in [0.4, 0.5) is 0 Å². The predicted octanol–water partition coefficient (Wildman–Crippen LogP) is 1.77. The van der Waals surface area contributed by atoms with Crippen molar-refractivity contribution >= 4 is 27.8 Å². The maximum atomic E-state index is 11.9. The first-order valence-corrected chi connectivity index (χ1v) is 7.11. The molecule has 0 spiro atoms. The van der Waals surface area contributed by atoms with Crippen LogP contribution < -0.4 is 5.32 Å². The van der Waals surface area contributed by atoms with Crippen molar-refractivity contribution in [1.29, 1.82) is 0 Å². The number of halogens is 1. The van der Waals surface area contributed by atoms with Gasteiger partial charge in [0, 0.05) is 17.5 Å². The molecule has 3 unspecified atom stereocenters. The third kappa shape index (κ3) is 3.58. The van der Waals surface area contributed by atoms with Crippen molar-refractivity contribution < 1.29 is 19.4 Å². The third-order valence-corrected chi connectivity index (χ3v) is 3.92. The van der Waals surface area contributed by atoms with E-state index < -0.39 is 12.1 Å². The largest absolute Gasteiger partial charge is 0.479 e. The summed E-state index contributed by atoms with van der Waals surface area (Å²) in [5, 5.41) is 11.5. The lowest BCUT2D eigenvalue weighted by molar-refractivity contribution is -0.148. The highest BCUT2D eigenvalue weighted by atomic mass is 79.9. The van der Waals surface area contributed by atoms with E-state index >= 15 is 0 Å². The van der Waals surface area contributed by atoms with Gasteiger partial charge in [-0.15, -0.1) is 0 Å². The van der Waals surface area contributed by atoms with Crippen molar-refractivity contribution in [3.05, 3.63) is 34.3 Å². The van der Waals surface area contributed by atoms with Gasteiger partial charge in [0.15, 0.2) is 6.10 Å². The van der Waals surface area contributed by atoms with Crippen LogP contribution in [0.2, 0.25) is 0 Å². The second-order valence-corrected chi connectivity index (χ2v) is 5.73. The second kappa shape index (κ2) is 6.37. The van der Waals surface area contributed by atoms with Crippen LogP contribution in [-0.4, -0.2) is 36.7 Å². The molecule has 6 heteroatoms. The van der Waals surface area contributed by atoms with Gasteiger partial charge in [-0.25, -0.2) is 4.79 Å². The molecule has 0 radical (unpaired) electrons. The highest BCUT2D eigenvalue weighted by molar-refractivity contribution is 9.10. The minimum Gasteiger partial charge on any atom is -0.479 e. The Labute approximate surface area is 125 Å². The molecular weight excluding hydrogens is 326 g/mol. The van der Waals surface area contributed by atoms with Gasteiger partial charge in [-0.2, -0.15) is 0 Å². The summed E-state index contributed by atoms with van der Waals surface area (Å²) in [5.41, 5.74) is 1.13. The summed E-state index contributed by atoms with van der Waals surface area (Å²) in [6.45, 7) is -0.00757. The molecule has 1 aromatic carbocycles. The monoisotopic (exact) mass is 341 g/mol. The summed E-state index contributed by atoms with van der Waals surface area (Å²) in [7, 11) is 1.31. The average Bonchev–Trinajstić information content (AvgIpc) is 3.19. The molecule has 3 atom stereocenters. The molecule has 0 bridgehead atoms. The molecule has 1 fully saturated rings. The van der Waals surface area contributed by atoms with Crippen LogP contribution in [-0.2, 0) is 14.3 Å². The van der Waals surface area contributed by atoms with Crippen molar-refractivity contribution in [2.24, 2.45) is 5.92 Å². The van der Waals surface area contributed by atoms with Gasteiger partial charge in [0.2, 0.25) is 5.91 Å². The Bertz CT molecular complexity index is 520. The first-order chi connectivity index (χ1) is 9.52. The van der Waals surface area contributed by atoms with Crippen LogP contribution in [0.3, 0.4) is 0 Å². The average molecular weight is 342 g/mol. The number of carbonyl (C=O) groups excluding carboxylic acids is 1. The lowest BCUT2D eigenvalue weighted by Gasteiger charge is -2.11. The molecule has 2 rings (SSSR count). The molecule has 108 valence electrons. The molecule has 0 saturated heterocycles. The number of carbonyl (C=O) groups is 2. The Morgan fingerprint density at radius 1 is 1.55 bits per heavy atom. The number of rotatable bonds is 6. The number of aliphatic carboxylic acids is 1. The Morgan fingerprint density at radius 2 is 2.30 bits per heavy atom. The fourth-order valence-corrected chi connectivity index (χ4v) is 2.60. The number of carboxylic acid groups (broad SMARTS) is 1. The fraction of sp³-hybridized carbons (Fsp3) is 0.429. The molecule has 1 aromatic rings. The van der Waals surface area contributed by atoms with Gasteiger partial charge >= 0.3 is 5.97 Å². The van der Waals surface area contributed by atoms with Gasteiger partial charge in [-0.05, 0) is 30.0 Å². The highest BCUT2D eigenvalue weighted by Gasteiger charge is 2.44. The number of hydrogen-bond acceptors (Lipinski definition) is 3. The number of methoxy groups -OCH3 is 1. The molecule has 1 saturated carbocycles. The minimum atomic E-state index is -1.08. The van der Waals surface area contributed by atoms with Crippen molar-refractivity contribution in [2.75, 3.05) is 13.7 Å². The summed E-state index contributed by atoms with van der Waals surface area (Å²) in [5.74, 6) is -1.04. The third-order valence-electron chi connectivity index (χ3n) is 3.43. The number of amides is 1. The van der Waals surface area contributed by atoms with E-state index in [1.54, 1.807) is 0 Å². The van der Waals surface area contributed by atoms with E-state index in [4.69, 9.17) is 9.84 Å². The van der Waals surface area contributed by atoms with Crippen molar-refractivity contribution in [1.82, 2.24) is 5.32 Å². The van der Waals surface area contributed by atoms with Crippen molar-refractivity contribution in [3.63, 3.8) is 0 Å². The molecule has 1 aliphatic rings. The Morgan fingerprint density at radius 3 is 2.90 bits per heavy atom. The second-order valence-electron chi connectivity index (χ2n) is 4.81. The zero-order valence-electron chi connectivity index (χ0n) is 11.0. The SMILES string of the molecule is COC(CNC(=O)C1CC1c1cccc(Br)c1)C(=O)O. The molecule has 1 aliphatic carbocycles. The Hall–Kier alpha value is -1.40. The summed E-state index contributed by atoms with van der Waals surface area (Å²) in [4.78, 5) is 22.7. The first-order valence-electron chi connectivity index (χ1n) is 6.31. The van der Waals surface area contributed by atoms with Gasteiger partial charge in [0.25, 0.3) is 0 Å². The number of ether oxygens (including phenoxy) is 1. The van der Waals surface area contributed by atoms with E-state index in [-0.39, 0.29) is 24.3 Å². The summed E-state index contributed by atoms with van der Waals surface area (Å²) in [6, 6.07) is 7.89. The summed E-state index contributed by atoms with van der Waals surface area (Å²) in [6.07, 6.45) is -0.200. The van der Waals surface area contributed by atoms with E-state index in [1.165, 1.54) is 7.11 Å². The number of hydrogen-bond donors (Lipinski definition) is 2. The van der Waals surface area contributed by atoms with E-state index in [1.807, 2.05) is 24.3 Å². The molecule has 2 N–H and O–H groups in total. The van der Waals surface area contributed by atoms with Gasteiger partial charge in [0.1, 0.15) is 0 Å². The molecule has 1 amide bonds. The van der Waals surface area contributed by atoms with Gasteiger partial charge in [0.05, 0.1) is 6.54 Å². The molecule has 0 aromatic heterocycles. The number of carboxylic acids is 1. The normalized spacial score (nSPS) is 22.1. The Kier molecular flexibility index (Phi) is 4.77. The fourth-order valence-electron chi connectivity index (χ4n) is 2.19. The summed E-state index contributed by atoms with van der Waals surface area (Å²) >= 11 is 3.41. The van der Waals surface area contributed by atoms with Gasteiger partial charge < -0.3 is 15.2 Å². The number of benzene rings is 1. The van der Waals surface area contributed by atoms with Crippen molar-refractivity contribution in [3.8, 4) is 0 Å². The van der Waals surface area contributed by atoms with Crippen LogP contribution in [0.25, 0.3) is 0 Å². The van der Waals surface area contributed by atoms with Crippen LogP contribution in [0.15, 0.2) is 28.7 Å². The molecule has 0 heterocycles. The zero-order valence-corrected chi connectivity index (χ0v) is 12.6. The number of nitrogens with one attached hydrogen (secondary N) is 1. The van der Waals surface area contributed by atoms with E-state index in [0.29, 0.717) is 0 Å². The van der Waals surface area contributed by atoms with Crippen LogP contribution in [0.5, 0.6) is 0 Å². The quantitative estimate of drug-likeness (QED) is 0.826. The highest BCUT2D eigenvalue weighted by Crippen LogP contribution is 2.47.